The summed E-state index contributed by atoms with van der Waals surface area (Å²) in [6, 6.07) is 30.5. The average molecular weight is 587 g/mol. The summed E-state index contributed by atoms with van der Waals surface area (Å²) in [7, 11) is -2.24. The zero-order valence-corrected chi connectivity index (χ0v) is 26.7. The monoisotopic (exact) mass is 586 g/mol. The second kappa shape index (κ2) is 15.1. The predicted octanol–water partition coefficient (Wildman–Crippen LogP) is 7.56. The van der Waals surface area contributed by atoms with Gasteiger partial charge in [-0.1, -0.05) is 112 Å². The predicted molar refractivity (Wildman–Crippen MR) is 170 cm³/mol. The van der Waals surface area contributed by atoms with Crippen LogP contribution in [0.1, 0.15) is 43.9 Å². The Morgan fingerprint density at radius 2 is 1.17 bits per heavy atom. The summed E-state index contributed by atoms with van der Waals surface area (Å²) in [6.07, 6.45) is 4.31. The molecule has 42 heavy (non-hydrogen) atoms. The van der Waals surface area contributed by atoms with Gasteiger partial charge in [0.05, 0.1) is 32.5 Å². The van der Waals surface area contributed by atoms with Gasteiger partial charge in [0.15, 0.2) is 8.32 Å². The molecule has 0 amide bonds. The summed E-state index contributed by atoms with van der Waals surface area (Å²) in [5, 5.41) is -0.00624. The molecule has 6 heteroatoms. The van der Waals surface area contributed by atoms with Crippen LogP contribution in [0.4, 0.5) is 0 Å². The molecule has 5 nitrogen and oxygen atoms in total. The smallest absolute Gasteiger partial charge is 0.192 e. The van der Waals surface area contributed by atoms with Crippen molar-refractivity contribution in [3.05, 3.63) is 108 Å². The minimum absolute atomic E-state index is 0.00624. The van der Waals surface area contributed by atoms with Crippen molar-refractivity contribution >= 4 is 8.32 Å². The lowest BCUT2D eigenvalue weighted by Gasteiger charge is -2.50. The molecule has 0 N–H and O–H groups in total. The van der Waals surface area contributed by atoms with Crippen LogP contribution in [0, 0.1) is 12.3 Å². The maximum Gasteiger partial charge on any atom is 0.192 e. The first-order valence-electron chi connectivity index (χ1n) is 14.9. The summed E-state index contributed by atoms with van der Waals surface area (Å²) in [6.45, 7) is 12.9. The fourth-order valence-electron chi connectivity index (χ4n) is 4.86. The molecule has 1 heterocycles. The topological polar surface area (TPSA) is 46.2 Å². The van der Waals surface area contributed by atoms with E-state index in [0.717, 1.165) is 16.7 Å². The van der Waals surface area contributed by atoms with Gasteiger partial charge >= 0.3 is 0 Å². The molecule has 0 radical (unpaired) electrons. The molecule has 0 aromatic heterocycles. The molecular weight excluding hydrogens is 540 g/mol. The van der Waals surface area contributed by atoms with Crippen molar-refractivity contribution in [3.63, 3.8) is 0 Å². The third-order valence-electron chi connectivity index (χ3n) is 8.25. The molecule has 224 valence electrons. The second-order valence-corrected chi connectivity index (χ2v) is 17.2. The standard InChI is InChI=1S/C36H46O5Si/c1-7-17-31-34(41-42(5,6)36(2,3)4)35(39-26-30-22-15-10-16-23-30)33(38-25-29-20-13-9-14-21-29)32(40-31)27-37-24-28-18-11-8-12-19-28/h1,8-16,18-23,31-35H,17,24-27H2,2-6H3/t31-,32+,33+,34-,35-/m0/s1. The summed E-state index contributed by atoms with van der Waals surface area (Å²) in [5.74, 6) is 2.83. The van der Waals surface area contributed by atoms with Crippen LogP contribution in [0.25, 0.3) is 0 Å². The maximum absolute atomic E-state index is 7.09. The van der Waals surface area contributed by atoms with Crippen molar-refractivity contribution in [2.75, 3.05) is 6.61 Å². The third-order valence-corrected chi connectivity index (χ3v) is 12.7. The van der Waals surface area contributed by atoms with Crippen molar-refractivity contribution in [2.45, 2.75) is 95.7 Å². The molecule has 0 bridgehead atoms. The van der Waals surface area contributed by atoms with Gasteiger partial charge in [-0.2, -0.15) is 0 Å². The van der Waals surface area contributed by atoms with E-state index in [4.69, 9.17) is 29.8 Å². The molecule has 0 aliphatic carbocycles. The van der Waals surface area contributed by atoms with Crippen LogP contribution < -0.4 is 0 Å². The Bertz CT molecular complexity index is 1240. The molecule has 4 rings (SSSR count). The summed E-state index contributed by atoms with van der Waals surface area (Å²) in [4.78, 5) is 0. The molecule has 0 spiro atoms. The Morgan fingerprint density at radius 3 is 1.64 bits per heavy atom. The molecule has 0 saturated carbocycles. The Labute approximate surface area is 253 Å². The van der Waals surface area contributed by atoms with Gasteiger partial charge in [0.25, 0.3) is 0 Å². The molecule has 1 saturated heterocycles. The Hall–Kier alpha value is -2.76. The Morgan fingerprint density at radius 1 is 0.690 bits per heavy atom. The van der Waals surface area contributed by atoms with Gasteiger partial charge in [-0.15, -0.1) is 12.3 Å². The van der Waals surface area contributed by atoms with Crippen molar-refractivity contribution in [2.24, 2.45) is 0 Å². The zero-order valence-electron chi connectivity index (χ0n) is 25.7. The molecule has 1 aliphatic heterocycles. The fourth-order valence-corrected chi connectivity index (χ4v) is 6.18. The van der Waals surface area contributed by atoms with E-state index in [1.807, 2.05) is 54.6 Å². The van der Waals surface area contributed by atoms with E-state index in [1.165, 1.54) is 0 Å². The second-order valence-electron chi connectivity index (χ2n) is 12.5. The van der Waals surface area contributed by atoms with E-state index < -0.39 is 32.7 Å². The van der Waals surface area contributed by atoms with E-state index in [0.29, 0.717) is 32.8 Å². The fraction of sp³-hybridized carbons (Fsp3) is 0.444. The highest BCUT2D eigenvalue weighted by Gasteiger charge is 2.51. The first-order valence-corrected chi connectivity index (χ1v) is 17.8. The van der Waals surface area contributed by atoms with Gasteiger partial charge in [0.2, 0.25) is 0 Å². The van der Waals surface area contributed by atoms with Crippen LogP contribution in [-0.2, 0) is 43.2 Å². The quantitative estimate of drug-likeness (QED) is 0.153. The van der Waals surface area contributed by atoms with E-state index in [1.54, 1.807) is 0 Å². The van der Waals surface area contributed by atoms with Gasteiger partial charge < -0.3 is 23.4 Å². The van der Waals surface area contributed by atoms with E-state index in [2.05, 4.69) is 76.2 Å². The first-order chi connectivity index (χ1) is 20.2. The van der Waals surface area contributed by atoms with Crippen LogP contribution in [0.5, 0.6) is 0 Å². The molecule has 3 aromatic rings. The number of benzene rings is 3. The minimum Gasteiger partial charge on any atom is -0.408 e. The van der Waals surface area contributed by atoms with Gasteiger partial charge in [0, 0.05) is 6.42 Å². The molecular formula is C36H46O5Si. The molecule has 1 aliphatic rings. The van der Waals surface area contributed by atoms with Gasteiger partial charge in [-0.25, -0.2) is 0 Å². The Balaban J connectivity index is 1.65. The van der Waals surface area contributed by atoms with Gasteiger partial charge in [0.1, 0.15) is 24.4 Å². The molecule has 5 atom stereocenters. The molecule has 0 unspecified atom stereocenters. The number of hydrogen-bond donors (Lipinski definition) is 0. The lowest BCUT2D eigenvalue weighted by molar-refractivity contribution is -0.256. The molecule has 1 fully saturated rings. The van der Waals surface area contributed by atoms with Crippen molar-refractivity contribution < 1.29 is 23.4 Å². The first kappa shape index (κ1) is 32.2. The largest absolute Gasteiger partial charge is 0.408 e. The van der Waals surface area contributed by atoms with Crippen LogP contribution in [0.3, 0.4) is 0 Å². The Kier molecular flexibility index (Phi) is 11.6. The highest BCUT2D eigenvalue weighted by molar-refractivity contribution is 6.74. The van der Waals surface area contributed by atoms with E-state index in [-0.39, 0.29) is 11.1 Å². The van der Waals surface area contributed by atoms with E-state index >= 15 is 0 Å². The van der Waals surface area contributed by atoms with Crippen molar-refractivity contribution in [1.82, 2.24) is 0 Å². The van der Waals surface area contributed by atoms with Gasteiger partial charge in [-0.05, 0) is 34.8 Å². The maximum atomic E-state index is 7.09. The summed E-state index contributed by atoms with van der Waals surface area (Å²) < 4.78 is 33.5. The number of hydrogen-bond acceptors (Lipinski definition) is 5. The SMILES string of the molecule is C#CC[C@@H]1O[C@H](COCc2ccccc2)[C@@H](OCc2ccccc2)[C@H](OCc2ccccc2)[C@H]1O[Si](C)(C)C(C)(C)C. The zero-order chi connectivity index (χ0) is 30.0. The lowest BCUT2D eigenvalue weighted by atomic mass is 9.93. The number of ether oxygens (including phenoxy) is 4. The summed E-state index contributed by atoms with van der Waals surface area (Å²) in [5.41, 5.74) is 3.27. The van der Waals surface area contributed by atoms with Crippen molar-refractivity contribution in [3.8, 4) is 12.3 Å². The average Bonchev–Trinajstić information content (AvgIpc) is 2.98. The number of terminal acetylenes is 1. The lowest BCUT2D eigenvalue weighted by Crippen LogP contribution is -2.63. The third kappa shape index (κ3) is 8.87. The van der Waals surface area contributed by atoms with Crippen LogP contribution in [-0.4, -0.2) is 45.4 Å². The van der Waals surface area contributed by atoms with Crippen LogP contribution in [0.15, 0.2) is 91.0 Å². The highest BCUT2D eigenvalue weighted by Crippen LogP contribution is 2.41. The highest BCUT2D eigenvalue weighted by atomic mass is 28.4. The number of rotatable bonds is 13. The van der Waals surface area contributed by atoms with Crippen LogP contribution >= 0.6 is 0 Å². The summed E-state index contributed by atoms with van der Waals surface area (Å²) >= 11 is 0. The van der Waals surface area contributed by atoms with Gasteiger partial charge in [-0.3, -0.25) is 0 Å². The normalized spacial score (nSPS) is 22.9. The van der Waals surface area contributed by atoms with E-state index in [9.17, 15) is 0 Å². The van der Waals surface area contributed by atoms with Crippen LogP contribution in [0.2, 0.25) is 18.1 Å². The molecule has 3 aromatic carbocycles. The minimum atomic E-state index is -2.24. The van der Waals surface area contributed by atoms with Crippen molar-refractivity contribution in [1.29, 1.82) is 0 Å².